The molecule has 9 rings (SSSR count). The molecule has 4 heteroatoms. The summed E-state index contributed by atoms with van der Waals surface area (Å²) in [7, 11) is 0. The van der Waals surface area contributed by atoms with Crippen LogP contribution in [0, 0.1) is 0 Å². The lowest BCUT2D eigenvalue weighted by molar-refractivity contribution is 1.23. The van der Waals surface area contributed by atoms with Gasteiger partial charge in [-0.3, -0.25) is 0 Å². The maximum atomic E-state index is 2.37. The van der Waals surface area contributed by atoms with E-state index >= 15 is 0 Å². The molecule has 0 aliphatic heterocycles. The van der Waals surface area contributed by atoms with Crippen LogP contribution in [0.15, 0.2) is 255 Å². The molecule has 58 heavy (non-hydrogen) atoms. The normalized spacial score (nSPS) is 10.8. The fraction of sp³-hybridized carbons (Fsp3) is 0. The van der Waals surface area contributed by atoms with E-state index < -0.39 is 0 Å². The summed E-state index contributed by atoms with van der Waals surface area (Å²) in [5.41, 5.74) is 12.8. The fourth-order valence-corrected chi connectivity index (χ4v) is 7.56. The van der Waals surface area contributed by atoms with Crippen molar-refractivity contribution in [2.75, 3.05) is 19.6 Å². The third-order valence-electron chi connectivity index (χ3n) is 10.1. The number of anilines is 12. The van der Waals surface area contributed by atoms with Crippen molar-refractivity contribution in [2.24, 2.45) is 0 Å². The lowest BCUT2D eigenvalue weighted by Gasteiger charge is -2.32. The molecule has 9 aromatic rings. The summed E-state index contributed by atoms with van der Waals surface area (Å²) in [6.45, 7) is 0. The van der Waals surface area contributed by atoms with E-state index in [9.17, 15) is 0 Å². The molecule has 0 atom stereocenters. The number of benzene rings is 9. The van der Waals surface area contributed by atoms with Gasteiger partial charge in [0, 0.05) is 68.2 Å². The Balaban J connectivity index is 1.23. The first kappa shape index (κ1) is 35.9. The highest BCUT2D eigenvalue weighted by atomic mass is 15.2. The number of nitrogens with zero attached hydrogens (tertiary/aromatic N) is 4. The van der Waals surface area contributed by atoms with Crippen molar-refractivity contribution in [1.29, 1.82) is 0 Å². The van der Waals surface area contributed by atoms with Gasteiger partial charge in [0.05, 0.1) is 0 Å². The maximum absolute atomic E-state index is 2.37. The van der Waals surface area contributed by atoms with Crippen LogP contribution in [0.4, 0.5) is 68.2 Å². The quantitative estimate of drug-likeness (QED) is 0.123. The van der Waals surface area contributed by atoms with Crippen LogP contribution < -0.4 is 19.6 Å². The van der Waals surface area contributed by atoms with E-state index in [4.69, 9.17) is 0 Å². The van der Waals surface area contributed by atoms with Crippen LogP contribution in [-0.4, -0.2) is 0 Å². The van der Waals surface area contributed by atoms with Crippen LogP contribution in [0.25, 0.3) is 0 Å². The predicted molar refractivity (Wildman–Crippen MR) is 245 cm³/mol. The summed E-state index contributed by atoms with van der Waals surface area (Å²) in [5, 5.41) is 0. The molecule has 0 aliphatic carbocycles. The zero-order valence-electron chi connectivity index (χ0n) is 32.0. The van der Waals surface area contributed by atoms with Gasteiger partial charge in [-0.15, -0.1) is 0 Å². The van der Waals surface area contributed by atoms with E-state index in [1.807, 2.05) is 0 Å². The van der Waals surface area contributed by atoms with Crippen molar-refractivity contribution in [3.8, 4) is 0 Å². The molecule has 0 saturated carbocycles. The zero-order chi connectivity index (χ0) is 38.9. The molecule has 0 unspecified atom stereocenters. The van der Waals surface area contributed by atoms with Gasteiger partial charge >= 0.3 is 0 Å². The van der Waals surface area contributed by atoms with Gasteiger partial charge < -0.3 is 19.6 Å². The van der Waals surface area contributed by atoms with Gasteiger partial charge in [-0.05, 0) is 127 Å². The highest BCUT2D eigenvalue weighted by Gasteiger charge is 2.21. The zero-order valence-corrected chi connectivity index (χ0v) is 32.0. The molecule has 0 amide bonds. The molecule has 9 aromatic carbocycles. The Morgan fingerprint density at radius 3 is 0.448 bits per heavy atom. The van der Waals surface area contributed by atoms with Crippen molar-refractivity contribution >= 4 is 68.2 Å². The van der Waals surface area contributed by atoms with Crippen molar-refractivity contribution in [1.82, 2.24) is 0 Å². The van der Waals surface area contributed by atoms with Gasteiger partial charge in [-0.2, -0.15) is 0 Å². The summed E-state index contributed by atoms with van der Waals surface area (Å²) >= 11 is 0. The number of para-hydroxylation sites is 6. The molecule has 0 heterocycles. The Hall–Kier alpha value is -7.82. The van der Waals surface area contributed by atoms with Crippen molar-refractivity contribution in [2.45, 2.75) is 0 Å². The Morgan fingerprint density at radius 2 is 0.276 bits per heavy atom. The van der Waals surface area contributed by atoms with Crippen LogP contribution in [0.1, 0.15) is 0 Å². The third-order valence-corrected chi connectivity index (χ3v) is 10.1. The van der Waals surface area contributed by atoms with E-state index in [-0.39, 0.29) is 0 Å². The first-order valence-electron chi connectivity index (χ1n) is 19.6. The van der Waals surface area contributed by atoms with Crippen LogP contribution in [-0.2, 0) is 0 Å². The molecule has 0 aliphatic rings. The van der Waals surface area contributed by atoms with Gasteiger partial charge in [-0.25, -0.2) is 0 Å². The monoisotopic (exact) mass is 746 g/mol. The molecule has 278 valence electrons. The average Bonchev–Trinajstić information content (AvgIpc) is 3.30. The smallest absolute Gasteiger partial charge is 0.0482 e. The van der Waals surface area contributed by atoms with Crippen LogP contribution in [0.5, 0.6) is 0 Å². The molecule has 0 N–H and O–H groups in total. The molecule has 4 nitrogen and oxygen atoms in total. The second-order valence-corrected chi connectivity index (χ2v) is 13.9. The Morgan fingerprint density at radius 1 is 0.138 bits per heavy atom. The summed E-state index contributed by atoms with van der Waals surface area (Å²) in [4.78, 5) is 9.31. The van der Waals surface area contributed by atoms with Crippen LogP contribution in [0.3, 0.4) is 0 Å². The highest BCUT2D eigenvalue weighted by molar-refractivity contribution is 5.87. The van der Waals surface area contributed by atoms with Crippen molar-refractivity contribution < 1.29 is 0 Å². The van der Waals surface area contributed by atoms with Crippen LogP contribution in [0.2, 0.25) is 0 Å². The minimum absolute atomic E-state index is 1.03. The van der Waals surface area contributed by atoms with Crippen molar-refractivity contribution in [3.63, 3.8) is 0 Å². The summed E-state index contributed by atoms with van der Waals surface area (Å²) in [6.07, 6.45) is 0. The molecular weight excluding hydrogens is 705 g/mol. The SMILES string of the molecule is c1ccc(N(c2ccccc2)c2cccc(N(c3cccc(N(c4ccccc4)c4ccccc4)c3)c3cccc(N(c4ccccc4)c4ccccc4)c3)c2)cc1. The molecule has 0 spiro atoms. The molecular formula is C54H42N4. The Bertz CT molecular complexity index is 2250. The highest BCUT2D eigenvalue weighted by Crippen LogP contribution is 2.44. The van der Waals surface area contributed by atoms with Gasteiger partial charge in [0.25, 0.3) is 0 Å². The minimum atomic E-state index is 1.03. The first-order chi connectivity index (χ1) is 28.8. The largest absolute Gasteiger partial charge is 0.310 e. The van der Waals surface area contributed by atoms with Crippen molar-refractivity contribution in [3.05, 3.63) is 255 Å². The standard InChI is InChI=1S/C54H42N4/c1-7-22-43(23-8-1)55(44-24-9-2-10-25-44)49-34-19-37-52(40-49)58(53-38-20-35-50(41-53)56(45-26-11-3-12-27-45)46-28-13-4-14-29-46)54-39-21-36-51(42-54)57(47-30-15-5-16-31-47)48-32-17-6-18-33-48/h1-42H. The third kappa shape index (κ3) is 7.68. The minimum Gasteiger partial charge on any atom is -0.310 e. The lowest BCUT2D eigenvalue weighted by Crippen LogP contribution is -2.15. The summed E-state index contributed by atoms with van der Waals surface area (Å²) in [5.74, 6) is 0. The van der Waals surface area contributed by atoms with E-state index in [0.29, 0.717) is 0 Å². The topological polar surface area (TPSA) is 13.0 Å². The molecule has 0 bridgehead atoms. The van der Waals surface area contributed by atoms with Gasteiger partial charge in [-0.1, -0.05) is 127 Å². The first-order valence-corrected chi connectivity index (χ1v) is 19.6. The van der Waals surface area contributed by atoms with E-state index in [1.165, 1.54) is 0 Å². The Labute approximate surface area is 341 Å². The molecule has 0 radical (unpaired) electrons. The van der Waals surface area contributed by atoms with Gasteiger partial charge in [0.1, 0.15) is 0 Å². The van der Waals surface area contributed by atoms with E-state index in [0.717, 1.165) is 68.2 Å². The fourth-order valence-electron chi connectivity index (χ4n) is 7.56. The molecule has 0 saturated heterocycles. The number of hydrogen-bond donors (Lipinski definition) is 0. The molecule has 0 aromatic heterocycles. The molecule has 0 fully saturated rings. The number of rotatable bonds is 12. The van der Waals surface area contributed by atoms with E-state index in [2.05, 4.69) is 274 Å². The second-order valence-electron chi connectivity index (χ2n) is 13.9. The van der Waals surface area contributed by atoms with E-state index in [1.54, 1.807) is 0 Å². The van der Waals surface area contributed by atoms with Gasteiger partial charge in [0.2, 0.25) is 0 Å². The lowest BCUT2D eigenvalue weighted by atomic mass is 10.1. The second kappa shape index (κ2) is 16.9. The Kier molecular flexibility index (Phi) is 10.5. The summed E-state index contributed by atoms with van der Waals surface area (Å²) in [6, 6.07) is 89.9. The van der Waals surface area contributed by atoms with Crippen LogP contribution >= 0.6 is 0 Å². The number of hydrogen-bond acceptors (Lipinski definition) is 4. The maximum Gasteiger partial charge on any atom is 0.0482 e. The average molecular weight is 747 g/mol. The summed E-state index contributed by atoms with van der Waals surface area (Å²) < 4.78 is 0. The predicted octanol–water partition coefficient (Wildman–Crippen LogP) is 15.6. The van der Waals surface area contributed by atoms with Gasteiger partial charge in [0.15, 0.2) is 0 Å².